The Balaban J connectivity index is 1.49. The molecule has 1 heterocycles. The fourth-order valence-corrected chi connectivity index (χ4v) is 5.45. The summed E-state index contributed by atoms with van der Waals surface area (Å²) in [6, 6.07) is 20.2. The van der Waals surface area contributed by atoms with E-state index >= 15 is 0 Å². The maximum Gasteiger partial charge on any atom is 0.172 e. The Morgan fingerprint density at radius 1 is 0.656 bits per heavy atom. The third-order valence-corrected chi connectivity index (χ3v) is 7.78. The normalized spacial score (nSPS) is 28.6. The third-order valence-electron chi connectivity index (χ3n) is 7.31. The molecule has 3 fully saturated rings. The van der Waals surface area contributed by atoms with Gasteiger partial charge >= 0.3 is 0 Å². The zero-order valence-corrected chi connectivity index (χ0v) is 19.4. The van der Waals surface area contributed by atoms with Crippen molar-refractivity contribution in [1.82, 2.24) is 9.80 Å². The van der Waals surface area contributed by atoms with Gasteiger partial charge in [-0.25, -0.2) is 0 Å². The number of aliphatic hydroxyl groups is 2. The molecular formula is C27H34N2O2S. The molecule has 3 aliphatic rings. The van der Waals surface area contributed by atoms with Crippen LogP contribution >= 0.6 is 12.2 Å². The van der Waals surface area contributed by atoms with Crippen LogP contribution < -0.4 is 0 Å². The molecule has 1 saturated heterocycles. The predicted molar refractivity (Wildman–Crippen MR) is 131 cm³/mol. The van der Waals surface area contributed by atoms with Crippen LogP contribution in [-0.4, -0.2) is 62.5 Å². The predicted octanol–water partition coefficient (Wildman–Crippen LogP) is 3.65. The number of hydrogen-bond acceptors (Lipinski definition) is 3. The van der Waals surface area contributed by atoms with Crippen molar-refractivity contribution in [3.05, 3.63) is 71.8 Å². The number of benzene rings is 2. The highest BCUT2D eigenvalue weighted by molar-refractivity contribution is 7.80. The van der Waals surface area contributed by atoms with Crippen LogP contribution in [0.25, 0.3) is 0 Å². The molecule has 0 spiro atoms. The summed E-state index contributed by atoms with van der Waals surface area (Å²) in [5, 5.41) is 23.9. The molecule has 1 aliphatic heterocycles. The van der Waals surface area contributed by atoms with Crippen molar-refractivity contribution >= 4 is 17.3 Å². The van der Waals surface area contributed by atoms with Gasteiger partial charge in [-0.3, -0.25) is 0 Å². The summed E-state index contributed by atoms with van der Waals surface area (Å²) >= 11 is 6.15. The molecule has 0 unspecified atom stereocenters. The van der Waals surface area contributed by atoms with E-state index in [0.717, 1.165) is 18.2 Å². The molecule has 5 rings (SSSR count). The van der Waals surface area contributed by atoms with E-state index in [2.05, 4.69) is 34.1 Å². The zero-order chi connectivity index (χ0) is 22.1. The minimum Gasteiger partial charge on any atom is -0.388 e. The Hall–Kier alpha value is -1.95. The second-order valence-electron chi connectivity index (χ2n) is 9.97. The molecule has 4 atom stereocenters. The molecule has 5 heteroatoms. The van der Waals surface area contributed by atoms with E-state index < -0.39 is 12.2 Å². The van der Waals surface area contributed by atoms with E-state index in [9.17, 15) is 10.2 Å². The first-order valence-corrected chi connectivity index (χ1v) is 12.5. The summed E-state index contributed by atoms with van der Waals surface area (Å²) in [6.45, 7) is 1.75. The molecule has 2 saturated carbocycles. The lowest BCUT2D eigenvalue weighted by molar-refractivity contribution is -0.0401. The minimum absolute atomic E-state index is 0.219. The van der Waals surface area contributed by atoms with Gasteiger partial charge in [0.2, 0.25) is 0 Å². The van der Waals surface area contributed by atoms with Crippen molar-refractivity contribution < 1.29 is 10.2 Å². The third kappa shape index (κ3) is 5.00. The fraction of sp³-hybridized carbons (Fsp3) is 0.519. The number of aliphatic hydroxyl groups excluding tert-OH is 2. The van der Waals surface area contributed by atoms with E-state index in [1.807, 2.05) is 36.4 Å². The topological polar surface area (TPSA) is 46.9 Å². The maximum atomic E-state index is 11.5. The molecule has 0 aromatic heterocycles. The smallest absolute Gasteiger partial charge is 0.172 e. The lowest BCUT2D eigenvalue weighted by Crippen LogP contribution is -2.52. The average Bonchev–Trinajstić information content (AvgIpc) is 3.74. The molecule has 32 heavy (non-hydrogen) atoms. The molecule has 4 nitrogen and oxygen atoms in total. The first kappa shape index (κ1) is 21.9. The molecule has 0 amide bonds. The molecule has 2 aromatic carbocycles. The maximum absolute atomic E-state index is 11.5. The van der Waals surface area contributed by atoms with Gasteiger partial charge < -0.3 is 20.0 Å². The number of nitrogens with zero attached hydrogens (tertiary/aromatic N) is 2. The molecule has 0 radical (unpaired) electrons. The van der Waals surface area contributed by atoms with Crippen LogP contribution in [-0.2, 0) is 12.8 Å². The van der Waals surface area contributed by atoms with E-state index in [4.69, 9.17) is 12.2 Å². The van der Waals surface area contributed by atoms with E-state index in [1.165, 1.54) is 36.8 Å². The summed E-state index contributed by atoms with van der Waals surface area (Å²) in [5.74, 6) is 1.29. The van der Waals surface area contributed by atoms with Gasteiger partial charge in [0.05, 0.1) is 12.1 Å². The molecule has 2 N–H and O–H groups in total. The highest BCUT2D eigenvalue weighted by Gasteiger charge is 2.46. The van der Waals surface area contributed by atoms with E-state index in [-0.39, 0.29) is 12.1 Å². The lowest BCUT2D eigenvalue weighted by Gasteiger charge is -2.38. The summed E-state index contributed by atoms with van der Waals surface area (Å²) in [7, 11) is 0. The van der Waals surface area contributed by atoms with Gasteiger partial charge in [-0.1, -0.05) is 60.7 Å². The van der Waals surface area contributed by atoms with Crippen molar-refractivity contribution in [3.8, 4) is 0 Å². The van der Waals surface area contributed by atoms with Crippen molar-refractivity contribution in [3.63, 3.8) is 0 Å². The summed E-state index contributed by atoms with van der Waals surface area (Å²) in [6.07, 6.45) is 4.56. The molecule has 2 aromatic rings. The Morgan fingerprint density at radius 3 is 1.38 bits per heavy atom. The van der Waals surface area contributed by atoms with Crippen LogP contribution in [0, 0.1) is 11.8 Å². The van der Waals surface area contributed by atoms with Gasteiger partial charge in [-0.2, -0.15) is 0 Å². The van der Waals surface area contributed by atoms with Gasteiger partial charge in [0.1, 0.15) is 12.2 Å². The van der Waals surface area contributed by atoms with Gasteiger partial charge in [0, 0.05) is 13.1 Å². The second kappa shape index (κ2) is 9.50. The van der Waals surface area contributed by atoms with Crippen LogP contribution in [0.2, 0.25) is 0 Å². The Morgan fingerprint density at radius 2 is 1.03 bits per heavy atom. The summed E-state index contributed by atoms with van der Waals surface area (Å²) in [5.41, 5.74) is 2.34. The first-order chi connectivity index (χ1) is 15.6. The Labute approximate surface area is 196 Å². The van der Waals surface area contributed by atoms with Crippen LogP contribution in [0.1, 0.15) is 36.8 Å². The van der Waals surface area contributed by atoms with Gasteiger partial charge in [0.15, 0.2) is 5.11 Å². The summed E-state index contributed by atoms with van der Waals surface area (Å²) < 4.78 is 0. The van der Waals surface area contributed by atoms with Gasteiger partial charge in [-0.15, -0.1) is 0 Å². The second-order valence-corrected chi connectivity index (χ2v) is 10.3. The average molecular weight is 451 g/mol. The molecular weight excluding hydrogens is 416 g/mol. The highest BCUT2D eigenvalue weighted by Crippen LogP contribution is 2.37. The monoisotopic (exact) mass is 450 g/mol. The van der Waals surface area contributed by atoms with Gasteiger partial charge in [0.25, 0.3) is 0 Å². The van der Waals surface area contributed by atoms with Crippen molar-refractivity contribution in [2.45, 2.75) is 62.8 Å². The van der Waals surface area contributed by atoms with Crippen molar-refractivity contribution in [2.75, 3.05) is 13.1 Å². The Bertz CT molecular complexity index is 827. The number of thiocarbonyl (C=S) groups is 1. The van der Waals surface area contributed by atoms with E-state index in [1.54, 1.807) is 0 Å². The summed E-state index contributed by atoms with van der Waals surface area (Å²) in [4.78, 5) is 4.53. The fourth-order valence-electron chi connectivity index (χ4n) is 5.03. The van der Waals surface area contributed by atoms with Crippen molar-refractivity contribution in [1.29, 1.82) is 0 Å². The van der Waals surface area contributed by atoms with E-state index in [0.29, 0.717) is 24.7 Å². The standard InChI is InChI=1S/C27H34N2O2S/c30-25-23(15-19-7-3-1-4-8-19)28(17-21-11-12-21)27(32)29(18-22-13-14-22)24(26(25)31)16-20-9-5-2-6-10-20/h1-10,21-26,30-31H,11-18H2/t23-,24+,25-,26-/m0/s1. The Kier molecular flexibility index (Phi) is 6.49. The molecule has 170 valence electrons. The van der Waals surface area contributed by atoms with Crippen LogP contribution in [0.3, 0.4) is 0 Å². The van der Waals surface area contributed by atoms with Crippen molar-refractivity contribution in [2.24, 2.45) is 11.8 Å². The molecule has 0 bridgehead atoms. The quantitative estimate of drug-likeness (QED) is 0.601. The van der Waals surface area contributed by atoms with Crippen LogP contribution in [0.15, 0.2) is 60.7 Å². The number of hydrogen-bond donors (Lipinski definition) is 2. The highest BCUT2D eigenvalue weighted by atomic mass is 32.1. The zero-order valence-electron chi connectivity index (χ0n) is 18.6. The lowest BCUT2D eigenvalue weighted by atomic mass is 9.91. The SMILES string of the molecule is O[C@@H]1[C@@H](O)[C@H](Cc2ccccc2)N(CC2CC2)C(=S)N(CC2CC2)[C@@H]1Cc1ccccc1. The molecule has 2 aliphatic carbocycles. The number of rotatable bonds is 8. The van der Waals surface area contributed by atoms with Crippen LogP contribution in [0.4, 0.5) is 0 Å². The first-order valence-electron chi connectivity index (χ1n) is 12.1. The largest absolute Gasteiger partial charge is 0.388 e. The minimum atomic E-state index is -0.857. The van der Waals surface area contributed by atoms with Gasteiger partial charge in [-0.05, 0) is 73.7 Å². The van der Waals surface area contributed by atoms with Crippen LogP contribution in [0.5, 0.6) is 0 Å².